The van der Waals surface area contributed by atoms with Crippen LogP contribution < -0.4 is 5.32 Å². The fraction of sp³-hybridized carbons (Fsp3) is 0.636. The summed E-state index contributed by atoms with van der Waals surface area (Å²) in [4.78, 5) is 22.1. The van der Waals surface area contributed by atoms with Crippen LogP contribution in [0.5, 0.6) is 0 Å². The van der Waals surface area contributed by atoms with Gasteiger partial charge in [0, 0.05) is 6.54 Å². The maximum atomic E-state index is 11.5. The van der Waals surface area contributed by atoms with E-state index in [1.165, 1.54) is 0 Å². The van der Waals surface area contributed by atoms with E-state index >= 15 is 0 Å². The van der Waals surface area contributed by atoms with Crippen LogP contribution in [0.4, 0.5) is 0 Å². The first-order chi connectivity index (χ1) is 7.50. The van der Waals surface area contributed by atoms with Crippen molar-refractivity contribution in [3.63, 3.8) is 0 Å². The van der Waals surface area contributed by atoms with Crippen LogP contribution in [0.3, 0.4) is 0 Å². The number of carbonyl (C=O) groups is 2. The van der Waals surface area contributed by atoms with Crippen LogP contribution in [0.2, 0.25) is 0 Å². The molecule has 5 heteroatoms. The lowest BCUT2D eigenvalue weighted by Gasteiger charge is -2.10. The van der Waals surface area contributed by atoms with Gasteiger partial charge in [-0.1, -0.05) is 11.6 Å². The van der Waals surface area contributed by atoms with Gasteiger partial charge in [-0.05, 0) is 26.7 Å². The minimum absolute atomic E-state index is 0.235. The van der Waals surface area contributed by atoms with Crippen molar-refractivity contribution in [3.8, 4) is 0 Å². The van der Waals surface area contributed by atoms with E-state index in [0.717, 1.165) is 5.57 Å². The number of hydrogen-bond acceptors (Lipinski definition) is 3. The lowest BCUT2D eigenvalue weighted by Crippen LogP contribution is -2.35. The second-order valence-electron chi connectivity index (χ2n) is 4.06. The summed E-state index contributed by atoms with van der Waals surface area (Å²) >= 11 is 0. The predicted molar refractivity (Wildman–Crippen MR) is 58.0 cm³/mol. The van der Waals surface area contributed by atoms with Crippen LogP contribution in [0.15, 0.2) is 11.6 Å². The van der Waals surface area contributed by atoms with Gasteiger partial charge in [-0.25, -0.2) is 4.79 Å². The van der Waals surface area contributed by atoms with E-state index in [0.29, 0.717) is 19.4 Å². The van der Waals surface area contributed by atoms with Crippen LogP contribution in [-0.2, 0) is 14.3 Å². The highest BCUT2D eigenvalue weighted by molar-refractivity contribution is 5.82. The molecule has 1 aliphatic rings. The molecule has 1 saturated heterocycles. The van der Waals surface area contributed by atoms with Crippen molar-refractivity contribution in [2.75, 3.05) is 6.54 Å². The molecule has 0 bridgehead atoms. The molecule has 0 aliphatic carbocycles. The first-order valence-electron chi connectivity index (χ1n) is 5.30. The Hall–Kier alpha value is -1.36. The summed E-state index contributed by atoms with van der Waals surface area (Å²) in [6, 6.07) is 0. The van der Waals surface area contributed by atoms with E-state index in [-0.39, 0.29) is 5.91 Å². The van der Waals surface area contributed by atoms with Crippen molar-refractivity contribution >= 4 is 11.9 Å². The molecule has 2 atom stereocenters. The van der Waals surface area contributed by atoms with Crippen molar-refractivity contribution in [2.24, 2.45) is 0 Å². The molecule has 1 rings (SSSR count). The fourth-order valence-corrected chi connectivity index (χ4v) is 1.48. The number of rotatable bonds is 4. The quantitative estimate of drug-likeness (QED) is 0.693. The van der Waals surface area contributed by atoms with Gasteiger partial charge in [0.1, 0.15) is 6.10 Å². The summed E-state index contributed by atoms with van der Waals surface area (Å²) in [6.45, 7) is 4.34. The summed E-state index contributed by atoms with van der Waals surface area (Å²) in [7, 11) is 0. The molecule has 2 unspecified atom stereocenters. The van der Waals surface area contributed by atoms with E-state index in [1.807, 2.05) is 19.9 Å². The number of carboxylic acid groups (broad SMARTS) is 1. The molecule has 16 heavy (non-hydrogen) atoms. The van der Waals surface area contributed by atoms with Crippen molar-refractivity contribution in [2.45, 2.75) is 38.9 Å². The summed E-state index contributed by atoms with van der Waals surface area (Å²) in [5, 5.41) is 11.4. The fourth-order valence-electron chi connectivity index (χ4n) is 1.48. The molecule has 0 radical (unpaired) electrons. The van der Waals surface area contributed by atoms with Crippen LogP contribution in [-0.4, -0.2) is 35.7 Å². The minimum atomic E-state index is -1.00. The summed E-state index contributed by atoms with van der Waals surface area (Å²) in [5.41, 5.74) is 1.12. The number of aliphatic carboxylic acids is 1. The van der Waals surface area contributed by atoms with E-state index < -0.39 is 18.2 Å². The number of hydrogen-bond donors (Lipinski definition) is 2. The van der Waals surface area contributed by atoms with Gasteiger partial charge < -0.3 is 15.2 Å². The second-order valence-corrected chi connectivity index (χ2v) is 4.06. The Morgan fingerprint density at radius 1 is 1.38 bits per heavy atom. The molecule has 1 heterocycles. The van der Waals surface area contributed by atoms with E-state index in [9.17, 15) is 9.59 Å². The molecule has 0 saturated carbocycles. The van der Waals surface area contributed by atoms with E-state index in [4.69, 9.17) is 9.84 Å². The van der Waals surface area contributed by atoms with Crippen molar-refractivity contribution in [1.82, 2.24) is 5.32 Å². The van der Waals surface area contributed by atoms with Gasteiger partial charge in [0.15, 0.2) is 6.10 Å². The number of carboxylic acids is 1. The molecule has 5 nitrogen and oxygen atoms in total. The Morgan fingerprint density at radius 3 is 2.50 bits per heavy atom. The maximum absolute atomic E-state index is 11.5. The zero-order valence-electron chi connectivity index (χ0n) is 9.53. The van der Waals surface area contributed by atoms with E-state index in [1.54, 1.807) is 0 Å². The highest BCUT2D eigenvalue weighted by atomic mass is 16.5. The summed E-state index contributed by atoms with van der Waals surface area (Å²) < 4.78 is 5.11. The molecular weight excluding hydrogens is 210 g/mol. The third-order valence-corrected chi connectivity index (χ3v) is 2.37. The topological polar surface area (TPSA) is 75.6 Å². The monoisotopic (exact) mass is 227 g/mol. The van der Waals surface area contributed by atoms with Gasteiger partial charge in [-0.2, -0.15) is 0 Å². The average molecular weight is 227 g/mol. The molecule has 0 aromatic carbocycles. The molecule has 1 fully saturated rings. The molecule has 1 amide bonds. The number of amides is 1. The lowest BCUT2D eigenvalue weighted by atomic mass is 10.2. The SMILES string of the molecule is CC(C)=CCNC(=O)C1CCC(C(=O)O)O1. The Morgan fingerprint density at radius 2 is 2.00 bits per heavy atom. The minimum Gasteiger partial charge on any atom is -0.479 e. The number of carbonyl (C=O) groups excluding carboxylic acids is 1. The van der Waals surface area contributed by atoms with Gasteiger partial charge in [-0.15, -0.1) is 0 Å². The second kappa shape index (κ2) is 5.65. The maximum Gasteiger partial charge on any atom is 0.332 e. The van der Waals surface area contributed by atoms with Gasteiger partial charge in [-0.3, -0.25) is 4.79 Å². The first-order valence-corrected chi connectivity index (χ1v) is 5.30. The largest absolute Gasteiger partial charge is 0.479 e. The smallest absolute Gasteiger partial charge is 0.332 e. The third kappa shape index (κ3) is 3.66. The summed E-state index contributed by atoms with van der Waals surface area (Å²) in [5.74, 6) is -1.24. The van der Waals surface area contributed by atoms with E-state index in [2.05, 4.69) is 5.32 Å². The number of allylic oxidation sites excluding steroid dienone is 1. The van der Waals surface area contributed by atoms with Gasteiger partial charge in [0.25, 0.3) is 0 Å². The average Bonchev–Trinajstić information content (AvgIpc) is 2.65. The van der Waals surface area contributed by atoms with Crippen molar-refractivity contribution in [3.05, 3.63) is 11.6 Å². The molecule has 0 spiro atoms. The number of ether oxygens (including phenoxy) is 1. The Bertz CT molecular complexity index is 307. The lowest BCUT2D eigenvalue weighted by molar-refractivity contribution is -0.151. The third-order valence-electron chi connectivity index (χ3n) is 2.37. The molecular formula is C11H17NO4. The Balaban J connectivity index is 2.34. The summed E-state index contributed by atoms with van der Waals surface area (Å²) in [6.07, 6.45) is 1.31. The normalized spacial score (nSPS) is 23.9. The standard InChI is InChI=1S/C11H17NO4/c1-7(2)5-6-12-10(13)8-3-4-9(16-8)11(14)15/h5,8-9H,3-4,6H2,1-2H3,(H,12,13)(H,14,15). The highest BCUT2D eigenvalue weighted by Gasteiger charge is 2.34. The molecule has 1 aliphatic heterocycles. The van der Waals surface area contributed by atoms with Crippen LogP contribution in [0.25, 0.3) is 0 Å². The number of nitrogens with one attached hydrogen (secondary N) is 1. The van der Waals surface area contributed by atoms with Crippen LogP contribution in [0, 0.1) is 0 Å². The zero-order valence-corrected chi connectivity index (χ0v) is 9.53. The highest BCUT2D eigenvalue weighted by Crippen LogP contribution is 2.19. The van der Waals surface area contributed by atoms with Gasteiger partial charge in [0.05, 0.1) is 0 Å². The zero-order chi connectivity index (χ0) is 12.1. The van der Waals surface area contributed by atoms with Crippen molar-refractivity contribution in [1.29, 1.82) is 0 Å². The molecule has 90 valence electrons. The first kappa shape index (κ1) is 12.7. The molecule has 0 aromatic rings. The Kier molecular flexibility index (Phi) is 4.49. The molecule has 2 N–H and O–H groups in total. The molecule has 0 aromatic heterocycles. The van der Waals surface area contributed by atoms with Crippen LogP contribution >= 0.6 is 0 Å². The predicted octanol–water partition coefficient (Wildman–Crippen LogP) is 0.701. The van der Waals surface area contributed by atoms with Crippen molar-refractivity contribution < 1.29 is 19.4 Å². The van der Waals surface area contributed by atoms with Crippen LogP contribution in [0.1, 0.15) is 26.7 Å². The van der Waals surface area contributed by atoms with Gasteiger partial charge in [0.2, 0.25) is 5.91 Å². The van der Waals surface area contributed by atoms with Gasteiger partial charge >= 0.3 is 5.97 Å². The Labute approximate surface area is 94.5 Å².